The molecule has 0 atom stereocenters. The van der Waals surface area contributed by atoms with Crippen LogP contribution < -0.4 is 10.2 Å². The highest BCUT2D eigenvalue weighted by Crippen LogP contribution is 2.10. The average molecular weight is 237 g/mol. The molecule has 0 fully saturated rings. The van der Waals surface area contributed by atoms with Crippen LogP contribution in [0.3, 0.4) is 0 Å². The Hall–Kier alpha value is -2.11. The van der Waals surface area contributed by atoms with Crippen molar-refractivity contribution < 1.29 is 14.7 Å². The monoisotopic (exact) mass is 237 g/mol. The van der Waals surface area contributed by atoms with Crippen LogP contribution in [0.4, 0.5) is 5.82 Å². The minimum Gasteiger partial charge on any atom is -0.478 e. The van der Waals surface area contributed by atoms with Crippen LogP contribution in [-0.2, 0) is 4.79 Å². The maximum atomic E-state index is 11.3. The zero-order chi connectivity index (χ0) is 12.8. The Kier molecular flexibility index (Phi) is 4.45. The van der Waals surface area contributed by atoms with Crippen molar-refractivity contribution in [2.75, 3.05) is 25.0 Å². The molecule has 0 unspecified atom stereocenters. The van der Waals surface area contributed by atoms with Crippen LogP contribution in [0, 0.1) is 0 Å². The third kappa shape index (κ3) is 3.75. The molecule has 1 rings (SSSR count). The summed E-state index contributed by atoms with van der Waals surface area (Å²) >= 11 is 0. The third-order valence-corrected chi connectivity index (χ3v) is 2.14. The molecular weight excluding hydrogens is 222 g/mol. The third-order valence-electron chi connectivity index (χ3n) is 2.14. The fourth-order valence-corrected chi connectivity index (χ4v) is 1.31. The second-order valence-corrected chi connectivity index (χ2v) is 3.52. The Balaban J connectivity index is 2.75. The minimum absolute atomic E-state index is 0.127. The Bertz CT molecular complexity index is 420. The quantitative estimate of drug-likeness (QED) is 0.772. The summed E-state index contributed by atoms with van der Waals surface area (Å²) in [5, 5.41) is 11.5. The van der Waals surface area contributed by atoms with Gasteiger partial charge >= 0.3 is 5.97 Å². The van der Waals surface area contributed by atoms with Gasteiger partial charge in [0, 0.05) is 19.8 Å². The van der Waals surface area contributed by atoms with Crippen molar-refractivity contribution in [3.05, 3.63) is 23.9 Å². The van der Waals surface area contributed by atoms with Gasteiger partial charge in [-0.15, -0.1) is 0 Å². The molecule has 0 saturated heterocycles. The van der Waals surface area contributed by atoms with Crippen molar-refractivity contribution in [2.24, 2.45) is 0 Å². The maximum Gasteiger partial charge on any atom is 0.335 e. The second-order valence-electron chi connectivity index (χ2n) is 3.52. The number of carboxylic acid groups (broad SMARTS) is 1. The number of rotatable bonds is 5. The largest absolute Gasteiger partial charge is 0.478 e. The lowest BCUT2D eigenvalue weighted by Gasteiger charge is -2.17. The number of aromatic nitrogens is 1. The topological polar surface area (TPSA) is 82.5 Å². The molecule has 0 aliphatic carbocycles. The van der Waals surface area contributed by atoms with Gasteiger partial charge in [-0.25, -0.2) is 9.78 Å². The van der Waals surface area contributed by atoms with E-state index >= 15 is 0 Å². The number of likely N-dealkylation sites (N-methyl/N-ethyl adjacent to an activating group) is 2. The molecule has 0 aliphatic rings. The highest BCUT2D eigenvalue weighted by molar-refractivity contribution is 5.88. The number of nitrogens with zero attached hydrogens (tertiary/aromatic N) is 2. The normalized spacial score (nSPS) is 9.76. The van der Waals surface area contributed by atoms with Gasteiger partial charge in [-0.05, 0) is 19.1 Å². The molecule has 1 amide bonds. The van der Waals surface area contributed by atoms with Crippen molar-refractivity contribution in [1.29, 1.82) is 0 Å². The van der Waals surface area contributed by atoms with Crippen LogP contribution in [0.2, 0.25) is 0 Å². The van der Waals surface area contributed by atoms with Crippen molar-refractivity contribution in [1.82, 2.24) is 10.3 Å². The number of carbonyl (C=O) groups is 2. The summed E-state index contributed by atoms with van der Waals surface area (Å²) in [6.07, 6.45) is 1.41. The van der Waals surface area contributed by atoms with E-state index in [0.717, 1.165) is 0 Å². The molecule has 0 saturated carbocycles. The van der Waals surface area contributed by atoms with Gasteiger partial charge in [0.1, 0.15) is 5.82 Å². The van der Waals surface area contributed by atoms with E-state index in [0.29, 0.717) is 12.4 Å². The summed E-state index contributed by atoms with van der Waals surface area (Å²) in [5.74, 6) is -0.686. The molecule has 1 aromatic rings. The Labute approximate surface area is 99.3 Å². The smallest absolute Gasteiger partial charge is 0.335 e. The molecule has 0 spiro atoms. The lowest BCUT2D eigenvalue weighted by atomic mass is 10.2. The van der Waals surface area contributed by atoms with Gasteiger partial charge in [-0.3, -0.25) is 4.79 Å². The van der Waals surface area contributed by atoms with Gasteiger partial charge in [0.2, 0.25) is 5.91 Å². The number of anilines is 1. The van der Waals surface area contributed by atoms with Crippen molar-refractivity contribution >= 4 is 17.7 Å². The summed E-state index contributed by atoms with van der Waals surface area (Å²) in [5.41, 5.74) is 0.151. The summed E-state index contributed by atoms with van der Waals surface area (Å²) in [4.78, 5) is 27.7. The summed E-state index contributed by atoms with van der Waals surface area (Å²) < 4.78 is 0. The van der Waals surface area contributed by atoms with E-state index in [-0.39, 0.29) is 18.0 Å². The van der Waals surface area contributed by atoms with E-state index in [4.69, 9.17) is 5.11 Å². The zero-order valence-electron chi connectivity index (χ0n) is 9.80. The fraction of sp³-hybridized carbons (Fsp3) is 0.364. The first-order valence-electron chi connectivity index (χ1n) is 5.21. The first kappa shape index (κ1) is 13.0. The molecule has 0 aliphatic heterocycles. The van der Waals surface area contributed by atoms with Gasteiger partial charge in [-0.1, -0.05) is 0 Å². The highest BCUT2D eigenvalue weighted by Gasteiger charge is 2.10. The van der Waals surface area contributed by atoms with Gasteiger partial charge in [0.25, 0.3) is 0 Å². The molecule has 0 bridgehead atoms. The predicted molar refractivity (Wildman–Crippen MR) is 63.2 cm³/mol. The number of carboxylic acids is 1. The van der Waals surface area contributed by atoms with E-state index in [1.54, 1.807) is 11.9 Å². The molecule has 17 heavy (non-hydrogen) atoms. The molecule has 0 aromatic carbocycles. The summed E-state index contributed by atoms with van der Waals surface area (Å²) in [6.45, 7) is 2.54. The highest BCUT2D eigenvalue weighted by atomic mass is 16.4. The van der Waals surface area contributed by atoms with Crippen molar-refractivity contribution in [3.8, 4) is 0 Å². The van der Waals surface area contributed by atoms with E-state index in [1.807, 2.05) is 6.92 Å². The Morgan fingerprint density at radius 3 is 2.82 bits per heavy atom. The van der Waals surface area contributed by atoms with E-state index < -0.39 is 5.97 Å². The van der Waals surface area contributed by atoms with Crippen LogP contribution in [0.1, 0.15) is 17.3 Å². The van der Waals surface area contributed by atoms with Crippen LogP contribution in [0.15, 0.2) is 18.3 Å². The summed E-state index contributed by atoms with van der Waals surface area (Å²) in [6, 6.07) is 2.84. The predicted octanol–water partition coefficient (Wildman–Crippen LogP) is 0.352. The molecule has 1 aromatic heterocycles. The maximum absolute atomic E-state index is 11.3. The van der Waals surface area contributed by atoms with Crippen LogP contribution in [0.5, 0.6) is 0 Å². The van der Waals surface area contributed by atoms with Crippen LogP contribution in [0.25, 0.3) is 0 Å². The molecular formula is C11H15N3O3. The standard InChI is InChI=1S/C11H15N3O3/c1-3-12-10(15)7-14(2)9-6-8(11(16)17)4-5-13-9/h4-6H,3,7H2,1-2H3,(H,12,15)(H,16,17). The molecule has 1 heterocycles. The lowest BCUT2D eigenvalue weighted by Crippen LogP contribution is -2.35. The van der Waals surface area contributed by atoms with E-state index in [1.165, 1.54) is 18.3 Å². The van der Waals surface area contributed by atoms with Crippen molar-refractivity contribution in [3.63, 3.8) is 0 Å². The molecule has 6 heteroatoms. The average Bonchev–Trinajstić information content (AvgIpc) is 2.29. The number of nitrogens with one attached hydrogen (secondary N) is 1. The summed E-state index contributed by atoms with van der Waals surface area (Å²) in [7, 11) is 1.68. The van der Waals surface area contributed by atoms with Gasteiger partial charge in [0.15, 0.2) is 0 Å². The molecule has 6 nitrogen and oxygen atoms in total. The Morgan fingerprint density at radius 2 is 2.24 bits per heavy atom. The number of amides is 1. The van der Waals surface area contributed by atoms with Gasteiger partial charge in [-0.2, -0.15) is 0 Å². The van der Waals surface area contributed by atoms with E-state index in [2.05, 4.69) is 10.3 Å². The number of hydrogen-bond acceptors (Lipinski definition) is 4. The molecule has 2 N–H and O–H groups in total. The first-order valence-corrected chi connectivity index (χ1v) is 5.21. The zero-order valence-corrected chi connectivity index (χ0v) is 9.80. The molecule has 92 valence electrons. The number of hydrogen-bond donors (Lipinski definition) is 2. The van der Waals surface area contributed by atoms with Gasteiger partial charge in [0.05, 0.1) is 12.1 Å². The van der Waals surface area contributed by atoms with Gasteiger partial charge < -0.3 is 15.3 Å². The number of pyridine rings is 1. The van der Waals surface area contributed by atoms with Crippen LogP contribution in [-0.4, -0.2) is 42.1 Å². The number of carbonyl (C=O) groups excluding carboxylic acids is 1. The Morgan fingerprint density at radius 1 is 1.53 bits per heavy atom. The first-order chi connectivity index (χ1) is 8.04. The SMILES string of the molecule is CCNC(=O)CN(C)c1cc(C(=O)O)ccn1. The minimum atomic E-state index is -1.01. The number of aromatic carboxylic acids is 1. The fourth-order valence-electron chi connectivity index (χ4n) is 1.31. The van der Waals surface area contributed by atoms with Crippen LogP contribution >= 0.6 is 0 Å². The lowest BCUT2D eigenvalue weighted by molar-refractivity contribution is -0.119. The molecule has 0 radical (unpaired) electrons. The van der Waals surface area contributed by atoms with E-state index in [9.17, 15) is 9.59 Å². The second kappa shape index (κ2) is 5.83. The van der Waals surface area contributed by atoms with Crippen molar-refractivity contribution in [2.45, 2.75) is 6.92 Å².